The van der Waals surface area contributed by atoms with E-state index < -0.39 is 0 Å². The van der Waals surface area contributed by atoms with Crippen molar-refractivity contribution in [3.05, 3.63) is 24.0 Å². The molecule has 0 aromatic carbocycles. The van der Waals surface area contributed by atoms with Crippen molar-refractivity contribution in [1.82, 2.24) is 10.3 Å². The van der Waals surface area contributed by atoms with Gasteiger partial charge in [0.25, 0.3) is 5.91 Å². The summed E-state index contributed by atoms with van der Waals surface area (Å²) in [5.74, 6) is -0.0710. The maximum atomic E-state index is 12.2. The largest absolute Gasteiger partial charge is 0.385 e. The number of nitrogens with zero attached hydrogens (tertiary/aromatic N) is 1. The quantitative estimate of drug-likeness (QED) is 0.838. The van der Waals surface area contributed by atoms with Crippen molar-refractivity contribution >= 4 is 11.6 Å². The van der Waals surface area contributed by atoms with Crippen molar-refractivity contribution in [1.29, 1.82) is 0 Å². The van der Waals surface area contributed by atoms with Gasteiger partial charge in [0.15, 0.2) is 0 Å². The van der Waals surface area contributed by atoms with Gasteiger partial charge in [-0.2, -0.15) is 0 Å². The Morgan fingerprint density at radius 2 is 2.15 bits per heavy atom. The number of amides is 1. The molecule has 4 nitrogen and oxygen atoms in total. The van der Waals surface area contributed by atoms with Crippen molar-refractivity contribution in [2.75, 3.05) is 18.4 Å². The molecule has 0 saturated heterocycles. The maximum absolute atomic E-state index is 12.2. The fraction of sp³-hybridized carbons (Fsp3) is 0.625. The summed E-state index contributed by atoms with van der Waals surface area (Å²) in [5, 5.41) is 6.31. The van der Waals surface area contributed by atoms with E-state index in [9.17, 15) is 4.79 Å². The summed E-state index contributed by atoms with van der Waals surface area (Å²) in [5.41, 5.74) is 1.72. The minimum Gasteiger partial charge on any atom is -0.385 e. The van der Waals surface area contributed by atoms with Crippen LogP contribution in [0.3, 0.4) is 0 Å². The SMILES string of the molecule is CCCNc1ccnc(C(=O)NCC2(C)CCCC2)c1. The molecule has 110 valence electrons. The lowest BCUT2D eigenvalue weighted by atomic mass is 9.89. The van der Waals surface area contributed by atoms with Crippen molar-refractivity contribution < 1.29 is 4.79 Å². The first kappa shape index (κ1) is 14.8. The Balaban J connectivity index is 1.91. The van der Waals surface area contributed by atoms with E-state index in [1.54, 1.807) is 6.20 Å². The third kappa shape index (κ3) is 3.95. The van der Waals surface area contributed by atoms with Gasteiger partial charge in [0.1, 0.15) is 5.69 Å². The van der Waals surface area contributed by atoms with Crippen LogP contribution in [0.25, 0.3) is 0 Å². The van der Waals surface area contributed by atoms with Crippen LogP contribution >= 0.6 is 0 Å². The van der Waals surface area contributed by atoms with E-state index in [1.807, 2.05) is 12.1 Å². The van der Waals surface area contributed by atoms with Crippen LogP contribution < -0.4 is 10.6 Å². The zero-order chi connectivity index (χ0) is 14.4. The van der Waals surface area contributed by atoms with Gasteiger partial charge in [0.2, 0.25) is 0 Å². The highest BCUT2D eigenvalue weighted by atomic mass is 16.1. The van der Waals surface area contributed by atoms with Gasteiger partial charge in [0.05, 0.1) is 0 Å². The van der Waals surface area contributed by atoms with Crippen molar-refractivity contribution in [3.8, 4) is 0 Å². The summed E-state index contributed by atoms with van der Waals surface area (Å²) in [7, 11) is 0. The standard InChI is InChI=1S/C16H25N3O/c1-3-9-17-13-6-10-18-14(11-13)15(20)19-12-16(2)7-4-5-8-16/h6,10-11H,3-5,7-9,12H2,1-2H3,(H,17,18)(H,19,20). The average Bonchev–Trinajstić information content (AvgIpc) is 2.90. The van der Waals surface area contributed by atoms with Gasteiger partial charge in [0, 0.05) is 25.0 Å². The molecule has 1 aromatic rings. The lowest BCUT2D eigenvalue weighted by molar-refractivity contribution is 0.0929. The topological polar surface area (TPSA) is 54.0 Å². The zero-order valence-corrected chi connectivity index (χ0v) is 12.5. The number of carbonyl (C=O) groups excluding carboxylic acids is 1. The third-order valence-electron chi connectivity index (χ3n) is 4.06. The minimum atomic E-state index is -0.0710. The highest BCUT2D eigenvalue weighted by Crippen LogP contribution is 2.36. The predicted octanol–water partition coefficient (Wildman–Crippen LogP) is 3.21. The molecular formula is C16H25N3O. The van der Waals surface area contributed by atoms with Crippen LogP contribution in [0.4, 0.5) is 5.69 Å². The summed E-state index contributed by atoms with van der Waals surface area (Å²) in [4.78, 5) is 16.3. The van der Waals surface area contributed by atoms with E-state index >= 15 is 0 Å². The Bertz CT molecular complexity index is 453. The molecule has 1 saturated carbocycles. The van der Waals surface area contributed by atoms with Crippen LogP contribution in [0.15, 0.2) is 18.3 Å². The summed E-state index contributed by atoms with van der Waals surface area (Å²) in [6.07, 6.45) is 7.71. The summed E-state index contributed by atoms with van der Waals surface area (Å²) < 4.78 is 0. The molecule has 1 amide bonds. The fourth-order valence-corrected chi connectivity index (χ4v) is 2.72. The van der Waals surface area contributed by atoms with E-state index in [4.69, 9.17) is 0 Å². The van der Waals surface area contributed by atoms with Gasteiger partial charge in [-0.05, 0) is 36.8 Å². The third-order valence-corrected chi connectivity index (χ3v) is 4.06. The molecule has 0 aliphatic heterocycles. The van der Waals surface area contributed by atoms with E-state index in [-0.39, 0.29) is 11.3 Å². The number of carbonyl (C=O) groups is 1. The molecule has 1 aliphatic rings. The molecule has 1 aromatic heterocycles. The molecule has 1 heterocycles. The highest BCUT2D eigenvalue weighted by Gasteiger charge is 2.29. The van der Waals surface area contributed by atoms with Crippen molar-refractivity contribution in [2.45, 2.75) is 46.0 Å². The Kier molecular flexibility index (Phi) is 4.99. The van der Waals surface area contributed by atoms with E-state index in [0.717, 1.165) is 25.2 Å². The first-order valence-electron chi connectivity index (χ1n) is 7.61. The smallest absolute Gasteiger partial charge is 0.269 e. The second-order valence-corrected chi connectivity index (χ2v) is 6.06. The van der Waals surface area contributed by atoms with Gasteiger partial charge in [-0.3, -0.25) is 9.78 Å². The van der Waals surface area contributed by atoms with Crippen LogP contribution in [0.5, 0.6) is 0 Å². The van der Waals surface area contributed by atoms with Crippen molar-refractivity contribution in [3.63, 3.8) is 0 Å². The summed E-state index contributed by atoms with van der Waals surface area (Å²) in [6, 6.07) is 3.71. The van der Waals surface area contributed by atoms with Crippen LogP contribution in [0.2, 0.25) is 0 Å². The molecule has 4 heteroatoms. The summed E-state index contributed by atoms with van der Waals surface area (Å²) in [6.45, 7) is 6.03. The van der Waals surface area contributed by atoms with Gasteiger partial charge in [-0.25, -0.2) is 0 Å². The number of pyridine rings is 1. The zero-order valence-electron chi connectivity index (χ0n) is 12.5. The first-order valence-corrected chi connectivity index (χ1v) is 7.61. The number of anilines is 1. The van der Waals surface area contributed by atoms with Gasteiger partial charge < -0.3 is 10.6 Å². The lowest BCUT2D eigenvalue weighted by Gasteiger charge is -2.23. The Labute approximate surface area is 121 Å². The monoisotopic (exact) mass is 275 g/mol. The molecule has 1 fully saturated rings. The molecule has 1 aliphatic carbocycles. The Morgan fingerprint density at radius 3 is 2.85 bits per heavy atom. The lowest BCUT2D eigenvalue weighted by Crippen LogP contribution is -2.34. The molecule has 0 atom stereocenters. The second kappa shape index (κ2) is 6.73. The number of nitrogens with one attached hydrogen (secondary N) is 2. The van der Waals surface area contributed by atoms with Crippen LogP contribution in [-0.2, 0) is 0 Å². The normalized spacial score (nSPS) is 16.9. The van der Waals surface area contributed by atoms with Crippen LogP contribution in [0.1, 0.15) is 56.4 Å². The number of hydrogen-bond donors (Lipinski definition) is 2. The second-order valence-electron chi connectivity index (χ2n) is 6.06. The number of aromatic nitrogens is 1. The molecule has 0 bridgehead atoms. The highest BCUT2D eigenvalue weighted by molar-refractivity contribution is 5.93. The van der Waals surface area contributed by atoms with Crippen LogP contribution in [-0.4, -0.2) is 24.0 Å². The molecule has 0 spiro atoms. The van der Waals surface area contributed by atoms with E-state index in [1.165, 1.54) is 25.7 Å². The fourth-order valence-electron chi connectivity index (χ4n) is 2.72. The molecule has 2 N–H and O–H groups in total. The predicted molar refractivity (Wildman–Crippen MR) is 81.9 cm³/mol. The van der Waals surface area contributed by atoms with E-state index in [0.29, 0.717) is 5.69 Å². The first-order chi connectivity index (χ1) is 9.63. The maximum Gasteiger partial charge on any atom is 0.269 e. The molecule has 0 radical (unpaired) electrons. The molecule has 2 rings (SSSR count). The Hall–Kier alpha value is -1.58. The number of hydrogen-bond acceptors (Lipinski definition) is 3. The minimum absolute atomic E-state index is 0.0710. The molecule has 0 unspecified atom stereocenters. The molecule has 20 heavy (non-hydrogen) atoms. The van der Waals surface area contributed by atoms with Gasteiger partial charge in [-0.15, -0.1) is 0 Å². The van der Waals surface area contributed by atoms with Gasteiger partial charge in [-0.1, -0.05) is 26.7 Å². The molecular weight excluding hydrogens is 250 g/mol. The van der Waals surface area contributed by atoms with E-state index in [2.05, 4.69) is 29.5 Å². The van der Waals surface area contributed by atoms with Crippen LogP contribution in [0, 0.1) is 5.41 Å². The Morgan fingerprint density at radius 1 is 1.40 bits per heavy atom. The number of rotatable bonds is 6. The summed E-state index contributed by atoms with van der Waals surface area (Å²) >= 11 is 0. The average molecular weight is 275 g/mol. The van der Waals surface area contributed by atoms with Gasteiger partial charge >= 0.3 is 0 Å². The van der Waals surface area contributed by atoms with Crippen molar-refractivity contribution in [2.24, 2.45) is 5.41 Å².